The molecule has 0 saturated carbocycles. The minimum atomic E-state index is -4.67. The van der Waals surface area contributed by atoms with Crippen molar-refractivity contribution in [2.45, 2.75) is 16.0 Å². The number of alkyl halides is 3. The van der Waals surface area contributed by atoms with E-state index in [0.717, 1.165) is 30.3 Å². The Hall–Kier alpha value is -2.11. The topological polar surface area (TPSA) is 92.3 Å². The third-order valence-electron chi connectivity index (χ3n) is 3.16. The largest absolute Gasteiger partial charge is 0.416 e. The van der Waals surface area contributed by atoms with Crippen LogP contribution in [0.25, 0.3) is 0 Å². The smallest absolute Gasteiger partial charge is 0.280 e. The molecular formula is C14H13F3N2O4S2. The summed E-state index contributed by atoms with van der Waals surface area (Å²) >= 11 is 0. The van der Waals surface area contributed by atoms with Gasteiger partial charge in [0.25, 0.3) is 10.0 Å². The Bertz CT molecular complexity index is 970. The van der Waals surface area contributed by atoms with E-state index in [9.17, 15) is 30.0 Å². The second-order valence-electron chi connectivity index (χ2n) is 4.86. The molecule has 6 nitrogen and oxygen atoms in total. The fourth-order valence-corrected chi connectivity index (χ4v) is 3.71. The van der Waals surface area contributed by atoms with Crippen LogP contribution < -0.4 is 9.44 Å². The Morgan fingerprint density at radius 2 is 1.44 bits per heavy atom. The van der Waals surface area contributed by atoms with Crippen LogP contribution in [0.2, 0.25) is 0 Å². The van der Waals surface area contributed by atoms with E-state index in [2.05, 4.69) is 9.44 Å². The van der Waals surface area contributed by atoms with Crippen LogP contribution in [-0.2, 0) is 26.2 Å². The Kier molecular flexibility index (Phi) is 5.11. The van der Waals surface area contributed by atoms with Crippen LogP contribution in [0, 0.1) is 0 Å². The molecule has 0 aliphatic rings. The molecule has 2 aromatic carbocycles. The molecule has 0 aliphatic heterocycles. The summed E-state index contributed by atoms with van der Waals surface area (Å²) in [7, 11) is -6.73. The van der Waals surface area contributed by atoms with E-state index < -0.39 is 36.7 Å². The lowest BCUT2D eigenvalue weighted by Crippen LogP contribution is -2.18. The van der Waals surface area contributed by atoms with Gasteiger partial charge < -0.3 is 0 Å². The summed E-state index contributed by atoms with van der Waals surface area (Å²) in [5.41, 5.74) is -1.08. The van der Waals surface area contributed by atoms with Crippen molar-refractivity contribution in [3.63, 3.8) is 0 Å². The highest BCUT2D eigenvalue weighted by Gasteiger charge is 2.31. The van der Waals surface area contributed by atoms with Crippen LogP contribution in [0.3, 0.4) is 0 Å². The quantitative estimate of drug-likeness (QED) is 0.815. The fourth-order valence-electron chi connectivity index (χ4n) is 1.87. The Labute approximate surface area is 142 Å². The third kappa shape index (κ3) is 4.50. The number of nitrogens with one attached hydrogen (secondary N) is 2. The highest BCUT2D eigenvalue weighted by Crippen LogP contribution is 2.30. The average molecular weight is 394 g/mol. The molecule has 0 aromatic heterocycles. The van der Waals surface area contributed by atoms with Crippen molar-refractivity contribution in [3.8, 4) is 0 Å². The maximum absolute atomic E-state index is 12.7. The summed E-state index contributed by atoms with van der Waals surface area (Å²) in [6.45, 7) is 0. The van der Waals surface area contributed by atoms with Crippen LogP contribution >= 0.6 is 0 Å². The molecule has 0 fully saturated rings. The first-order valence-electron chi connectivity index (χ1n) is 6.69. The first-order valence-corrected chi connectivity index (χ1v) is 9.66. The molecule has 25 heavy (non-hydrogen) atoms. The molecule has 0 bridgehead atoms. The van der Waals surface area contributed by atoms with Crippen LogP contribution in [-0.4, -0.2) is 23.9 Å². The molecule has 0 aliphatic carbocycles. The monoisotopic (exact) mass is 394 g/mol. The fraction of sp³-hybridized carbons (Fsp3) is 0.143. The van der Waals surface area contributed by atoms with E-state index >= 15 is 0 Å². The third-order valence-corrected chi connectivity index (χ3v) is 5.97. The molecule has 0 unspecified atom stereocenters. The molecule has 2 aromatic rings. The van der Waals surface area contributed by atoms with Gasteiger partial charge in [0.2, 0.25) is 10.0 Å². The molecule has 2 rings (SSSR count). The lowest BCUT2D eigenvalue weighted by Gasteiger charge is -2.11. The first kappa shape index (κ1) is 19.2. The SMILES string of the molecule is CNS(=O)(=O)c1ccc(NS(=O)(=O)c2cccc(C(F)(F)F)c2)cc1. The molecule has 0 saturated heterocycles. The van der Waals surface area contributed by atoms with Gasteiger partial charge in [0, 0.05) is 5.69 Å². The van der Waals surface area contributed by atoms with Gasteiger partial charge in [-0.2, -0.15) is 13.2 Å². The zero-order chi connectivity index (χ0) is 18.9. The van der Waals surface area contributed by atoms with Gasteiger partial charge in [0.1, 0.15) is 0 Å². The van der Waals surface area contributed by atoms with Crippen molar-refractivity contribution in [2.75, 3.05) is 11.8 Å². The Morgan fingerprint density at radius 3 is 1.96 bits per heavy atom. The summed E-state index contributed by atoms with van der Waals surface area (Å²) < 4.78 is 89.9. The van der Waals surface area contributed by atoms with Gasteiger partial charge >= 0.3 is 6.18 Å². The van der Waals surface area contributed by atoms with Gasteiger partial charge in [-0.05, 0) is 49.5 Å². The summed E-state index contributed by atoms with van der Waals surface area (Å²) in [4.78, 5) is -0.647. The van der Waals surface area contributed by atoms with Crippen LogP contribution in [0.5, 0.6) is 0 Å². The molecule has 0 heterocycles. The molecule has 2 N–H and O–H groups in total. The van der Waals surface area contributed by atoms with E-state index in [1.165, 1.54) is 19.2 Å². The highest BCUT2D eigenvalue weighted by atomic mass is 32.2. The van der Waals surface area contributed by atoms with Crippen molar-refractivity contribution in [1.29, 1.82) is 0 Å². The van der Waals surface area contributed by atoms with Gasteiger partial charge in [0.15, 0.2) is 0 Å². The van der Waals surface area contributed by atoms with Crippen molar-refractivity contribution >= 4 is 25.7 Å². The number of anilines is 1. The lowest BCUT2D eigenvalue weighted by atomic mass is 10.2. The van der Waals surface area contributed by atoms with Crippen LogP contribution in [0.4, 0.5) is 18.9 Å². The summed E-state index contributed by atoms with van der Waals surface area (Å²) in [6.07, 6.45) is -4.67. The molecule has 0 atom stereocenters. The zero-order valence-electron chi connectivity index (χ0n) is 12.7. The van der Waals surface area contributed by atoms with Gasteiger partial charge in [-0.3, -0.25) is 4.72 Å². The van der Waals surface area contributed by atoms with E-state index in [0.29, 0.717) is 6.07 Å². The van der Waals surface area contributed by atoms with Crippen molar-refractivity contribution in [3.05, 3.63) is 54.1 Å². The standard InChI is InChI=1S/C14H13F3N2O4S2/c1-18-24(20,21)12-7-5-11(6-8-12)19-25(22,23)13-4-2-3-10(9-13)14(15,16)17/h2-9,18-19H,1H3. The van der Waals surface area contributed by atoms with Crippen molar-refractivity contribution in [1.82, 2.24) is 4.72 Å². The lowest BCUT2D eigenvalue weighted by molar-refractivity contribution is -0.137. The minimum Gasteiger partial charge on any atom is -0.280 e. The van der Waals surface area contributed by atoms with Gasteiger partial charge in [-0.1, -0.05) is 6.07 Å². The van der Waals surface area contributed by atoms with E-state index in [4.69, 9.17) is 0 Å². The highest BCUT2D eigenvalue weighted by molar-refractivity contribution is 7.92. The number of sulfonamides is 2. The Morgan fingerprint density at radius 1 is 0.840 bits per heavy atom. The summed E-state index contributed by atoms with van der Waals surface area (Å²) in [5.74, 6) is 0. The zero-order valence-corrected chi connectivity index (χ0v) is 14.3. The summed E-state index contributed by atoms with van der Waals surface area (Å²) in [6, 6.07) is 7.99. The number of hydrogen-bond donors (Lipinski definition) is 2. The first-order chi connectivity index (χ1) is 11.5. The molecular weight excluding hydrogens is 381 g/mol. The second kappa shape index (κ2) is 6.65. The number of rotatable bonds is 5. The number of hydrogen-bond acceptors (Lipinski definition) is 4. The Balaban J connectivity index is 2.31. The predicted octanol–water partition coefficient (Wildman–Crippen LogP) is 2.41. The maximum atomic E-state index is 12.7. The molecule has 11 heteroatoms. The van der Waals surface area contributed by atoms with Crippen molar-refractivity contribution < 1.29 is 30.0 Å². The second-order valence-corrected chi connectivity index (χ2v) is 8.43. The van der Waals surface area contributed by atoms with E-state index in [1.807, 2.05) is 0 Å². The normalized spacial score (nSPS) is 12.8. The molecule has 0 amide bonds. The predicted molar refractivity (Wildman–Crippen MR) is 84.9 cm³/mol. The van der Waals surface area contributed by atoms with E-state index in [-0.39, 0.29) is 10.6 Å². The number of halogens is 3. The van der Waals surface area contributed by atoms with Gasteiger partial charge in [-0.15, -0.1) is 0 Å². The molecule has 0 radical (unpaired) electrons. The molecule has 136 valence electrons. The average Bonchev–Trinajstić information content (AvgIpc) is 2.54. The number of benzene rings is 2. The molecule has 0 spiro atoms. The van der Waals surface area contributed by atoms with Crippen molar-refractivity contribution in [2.24, 2.45) is 0 Å². The van der Waals surface area contributed by atoms with Crippen LogP contribution in [0.1, 0.15) is 5.56 Å². The van der Waals surface area contributed by atoms with Gasteiger partial charge in [0.05, 0.1) is 15.4 Å². The summed E-state index contributed by atoms with van der Waals surface area (Å²) in [5, 5.41) is 0. The van der Waals surface area contributed by atoms with Gasteiger partial charge in [-0.25, -0.2) is 21.6 Å². The van der Waals surface area contributed by atoms with Crippen LogP contribution in [0.15, 0.2) is 58.3 Å². The van der Waals surface area contributed by atoms with E-state index in [1.54, 1.807) is 0 Å². The minimum absolute atomic E-state index is 0.00691. The maximum Gasteiger partial charge on any atom is 0.416 e.